The molecule has 3 aliphatic rings. The normalized spacial score (nSPS) is 29.7. The first-order chi connectivity index (χ1) is 15.7. The van der Waals surface area contributed by atoms with Crippen molar-refractivity contribution in [2.75, 3.05) is 66.7 Å². The average Bonchev–Trinajstić information content (AvgIpc) is 3.31. The number of hydrogen-bond acceptors (Lipinski definition) is 8. The van der Waals surface area contributed by atoms with Crippen LogP contribution in [-0.2, 0) is 14.3 Å². The van der Waals surface area contributed by atoms with Crippen molar-refractivity contribution in [3.8, 4) is 5.75 Å². The van der Waals surface area contributed by atoms with Gasteiger partial charge in [0.05, 0.1) is 33.5 Å². The first-order valence-electron chi connectivity index (χ1n) is 11.9. The molecule has 3 aliphatic heterocycles. The number of nitrogens with one attached hydrogen (secondary N) is 2. The summed E-state index contributed by atoms with van der Waals surface area (Å²) in [5.74, 6) is 1.74. The molecule has 2 unspecified atom stereocenters. The van der Waals surface area contributed by atoms with E-state index in [-0.39, 0.29) is 12.0 Å². The van der Waals surface area contributed by atoms with Crippen LogP contribution in [-0.4, -0.2) is 88.5 Å². The van der Waals surface area contributed by atoms with Gasteiger partial charge in [0.25, 0.3) is 0 Å². The second-order valence-corrected chi connectivity index (χ2v) is 9.17. The van der Waals surface area contributed by atoms with Crippen LogP contribution in [0.15, 0.2) is 24.3 Å². The monoisotopic (exact) mass is 446 g/mol. The highest BCUT2D eigenvalue weighted by Crippen LogP contribution is 2.31. The zero-order valence-electron chi connectivity index (χ0n) is 19.4. The van der Waals surface area contributed by atoms with Crippen molar-refractivity contribution >= 4 is 5.97 Å². The first-order valence-corrected chi connectivity index (χ1v) is 11.9. The average molecular weight is 447 g/mol. The van der Waals surface area contributed by atoms with Gasteiger partial charge in [0.15, 0.2) is 0 Å². The molecular formula is C24H38N4O4. The molecule has 0 bridgehead atoms. The minimum absolute atomic E-state index is 0.105. The molecule has 178 valence electrons. The van der Waals surface area contributed by atoms with E-state index in [1.807, 2.05) is 12.1 Å². The molecule has 0 radical (unpaired) electrons. The number of hydrogen-bond donors (Lipinski definition) is 2. The molecule has 1 aromatic carbocycles. The van der Waals surface area contributed by atoms with E-state index in [1.54, 1.807) is 7.11 Å². The second kappa shape index (κ2) is 11.4. The summed E-state index contributed by atoms with van der Waals surface area (Å²) in [4.78, 5) is 17.0. The van der Waals surface area contributed by atoms with Crippen LogP contribution in [0.4, 0.5) is 0 Å². The highest BCUT2D eigenvalue weighted by atomic mass is 16.5. The summed E-state index contributed by atoms with van der Waals surface area (Å²) in [6.45, 7) is 7.74. The fraction of sp³-hybridized carbons (Fsp3) is 0.708. The minimum Gasteiger partial charge on any atom is -0.497 e. The van der Waals surface area contributed by atoms with Crippen molar-refractivity contribution in [3.05, 3.63) is 29.8 Å². The fourth-order valence-corrected chi connectivity index (χ4v) is 5.54. The highest BCUT2D eigenvalue weighted by Gasteiger charge is 2.37. The van der Waals surface area contributed by atoms with E-state index >= 15 is 0 Å². The Hall–Kier alpha value is -1.71. The molecule has 8 heteroatoms. The number of ether oxygens (including phenoxy) is 3. The summed E-state index contributed by atoms with van der Waals surface area (Å²) in [7, 11) is 3.18. The second-order valence-electron chi connectivity index (χ2n) is 9.17. The molecular weight excluding hydrogens is 408 g/mol. The number of morpholine rings is 1. The molecule has 3 fully saturated rings. The van der Waals surface area contributed by atoms with Crippen molar-refractivity contribution in [1.82, 2.24) is 20.7 Å². The minimum atomic E-state index is -0.105. The van der Waals surface area contributed by atoms with Gasteiger partial charge in [-0.3, -0.25) is 15.1 Å². The molecule has 0 spiro atoms. The Morgan fingerprint density at radius 1 is 1.12 bits per heavy atom. The van der Waals surface area contributed by atoms with Crippen LogP contribution in [0.3, 0.4) is 0 Å². The number of benzene rings is 1. The predicted molar refractivity (Wildman–Crippen MR) is 122 cm³/mol. The summed E-state index contributed by atoms with van der Waals surface area (Å²) < 4.78 is 15.8. The number of piperidine rings is 1. The van der Waals surface area contributed by atoms with Gasteiger partial charge >= 0.3 is 5.97 Å². The Morgan fingerprint density at radius 2 is 1.91 bits per heavy atom. The number of carbonyl (C=O) groups is 1. The standard InChI is InChI=1S/C24H38N4O4/c1-30-21-6-3-18(4-7-21)24-20(15-25-26-24)17-27-10-9-22(28-11-13-32-14-12-28)19(16-27)5-8-23(29)31-2/h3-4,6-7,19-20,22,24-26H,5,8-17H2,1-2H3/t19-,20?,22+,24?/m1/s1. The molecule has 3 heterocycles. The Morgan fingerprint density at radius 3 is 2.62 bits per heavy atom. The number of methoxy groups -OCH3 is 2. The van der Waals surface area contributed by atoms with E-state index in [0.29, 0.717) is 24.3 Å². The molecule has 0 aromatic heterocycles. The third kappa shape index (κ3) is 5.80. The molecule has 3 saturated heterocycles. The lowest BCUT2D eigenvalue weighted by atomic mass is 9.85. The molecule has 32 heavy (non-hydrogen) atoms. The summed E-state index contributed by atoms with van der Waals surface area (Å²) in [6.07, 6.45) is 2.53. The maximum absolute atomic E-state index is 11.8. The van der Waals surface area contributed by atoms with Crippen molar-refractivity contribution < 1.29 is 19.0 Å². The van der Waals surface area contributed by atoms with Gasteiger partial charge in [-0.15, -0.1) is 0 Å². The van der Waals surface area contributed by atoms with Gasteiger partial charge in [0, 0.05) is 51.1 Å². The quantitative estimate of drug-likeness (QED) is 0.581. The SMILES string of the molecule is COC(=O)CC[C@@H]1CN(CC2CNNC2c2ccc(OC)cc2)CC[C@@H]1N1CCOCC1. The first kappa shape index (κ1) is 23.4. The lowest BCUT2D eigenvalue weighted by Crippen LogP contribution is -2.54. The lowest BCUT2D eigenvalue weighted by molar-refractivity contribution is -0.141. The summed E-state index contributed by atoms with van der Waals surface area (Å²) in [5, 5.41) is 0. The third-order valence-corrected chi connectivity index (χ3v) is 7.30. The molecule has 4 atom stereocenters. The Bertz CT molecular complexity index is 725. The number of esters is 1. The molecule has 4 rings (SSSR count). The highest BCUT2D eigenvalue weighted by molar-refractivity contribution is 5.69. The van der Waals surface area contributed by atoms with Crippen LogP contribution in [0.5, 0.6) is 5.75 Å². The van der Waals surface area contributed by atoms with Crippen molar-refractivity contribution in [2.45, 2.75) is 31.3 Å². The van der Waals surface area contributed by atoms with E-state index in [4.69, 9.17) is 14.2 Å². The predicted octanol–water partition coefficient (Wildman–Crippen LogP) is 1.44. The maximum Gasteiger partial charge on any atom is 0.305 e. The number of carbonyl (C=O) groups excluding carboxylic acids is 1. The summed E-state index contributed by atoms with van der Waals surface area (Å²) >= 11 is 0. The molecule has 0 saturated carbocycles. The fourth-order valence-electron chi connectivity index (χ4n) is 5.54. The lowest BCUT2D eigenvalue weighted by Gasteiger charge is -2.46. The van der Waals surface area contributed by atoms with Gasteiger partial charge in [0.2, 0.25) is 0 Å². The largest absolute Gasteiger partial charge is 0.497 e. The van der Waals surface area contributed by atoms with Crippen molar-refractivity contribution in [1.29, 1.82) is 0 Å². The van der Waals surface area contributed by atoms with Crippen molar-refractivity contribution in [3.63, 3.8) is 0 Å². The number of likely N-dealkylation sites (tertiary alicyclic amines) is 1. The smallest absolute Gasteiger partial charge is 0.305 e. The summed E-state index contributed by atoms with van der Waals surface area (Å²) in [5.41, 5.74) is 8.12. The Labute approximate surface area is 191 Å². The van der Waals surface area contributed by atoms with E-state index in [1.165, 1.54) is 12.7 Å². The molecule has 2 N–H and O–H groups in total. The van der Waals surface area contributed by atoms with Gasteiger partial charge in [0.1, 0.15) is 5.75 Å². The van der Waals surface area contributed by atoms with Gasteiger partial charge in [-0.05, 0) is 43.0 Å². The molecule has 0 aliphatic carbocycles. The van der Waals surface area contributed by atoms with Gasteiger partial charge in [-0.1, -0.05) is 12.1 Å². The maximum atomic E-state index is 11.8. The van der Waals surface area contributed by atoms with Crippen LogP contribution in [0, 0.1) is 11.8 Å². The molecule has 1 aromatic rings. The van der Waals surface area contributed by atoms with E-state index in [9.17, 15) is 4.79 Å². The Balaban J connectivity index is 1.38. The van der Waals surface area contributed by atoms with Crippen LogP contribution >= 0.6 is 0 Å². The van der Waals surface area contributed by atoms with Crippen LogP contribution < -0.4 is 15.6 Å². The van der Waals surface area contributed by atoms with E-state index < -0.39 is 0 Å². The van der Waals surface area contributed by atoms with Gasteiger partial charge < -0.3 is 19.1 Å². The third-order valence-electron chi connectivity index (χ3n) is 7.30. The number of nitrogens with zero attached hydrogens (tertiary/aromatic N) is 2. The number of rotatable bonds is 8. The van der Waals surface area contributed by atoms with Crippen LogP contribution in [0.1, 0.15) is 30.9 Å². The topological polar surface area (TPSA) is 75.3 Å². The molecule has 0 amide bonds. The van der Waals surface area contributed by atoms with Gasteiger partial charge in [-0.2, -0.15) is 0 Å². The van der Waals surface area contributed by atoms with Crippen molar-refractivity contribution in [2.24, 2.45) is 11.8 Å². The van der Waals surface area contributed by atoms with E-state index in [0.717, 1.165) is 71.1 Å². The van der Waals surface area contributed by atoms with E-state index in [2.05, 4.69) is 32.8 Å². The zero-order chi connectivity index (χ0) is 22.3. The zero-order valence-corrected chi connectivity index (χ0v) is 19.4. The van der Waals surface area contributed by atoms with Crippen LogP contribution in [0.2, 0.25) is 0 Å². The van der Waals surface area contributed by atoms with Gasteiger partial charge in [-0.25, -0.2) is 5.43 Å². The summed E-state index contributed by atoms with van der Waals surface area (Å²) in [6, 6.07) is 9.18. The van der Waals surface area contributed by atoms with Crippen LogP contribution in [0.25, 0.3) is 0 Å². The Kier molecular flexibility index (Phi) is 8.37. The molecule has 8 nitrogen and oxygen atoms in total. The number of hydrazine groups is 1.